The van der Waals surface area contributed by atoms with Crippen LogP contribution < -0.4 is 5.73 Å². The number of nitrogens with two attached hydrogens (primary N) is 1. The highest BCUT2D eigenvalue weighted by atomic mass is 15.1. The maximum absolute atomic E-state index is 5.62. The largest absolute Gasteiger partial charge is 0.335 e. The van der Waals surface area contributed by atoms with E-state index in [0.29, 0.717) is 5.92 Å². The van der Waals surface area contributed by atoms with Crippen LogP contribution in [0.1, 0.15) is 24.6 Å². The van der Waals surface area contributed by atoms with Gasteiger partial charge >= 0.3 is 0 Å². The van der Waals surface area contributed by atoms with Crippen molar-refractivity contribution in [2.45, 2.75) is 25.3 Å². The number of hydrogen-bond donors (Lipinski definition) is 1. The SMILES string of the molecule is NC[C@H]1CCCn2ccnc21. The maximum atomic E-state index is 5.62. The third-order valence-corrected chi connectivity index (χ3v) is 2.35. The van der Waals surface area contributed by atoms with E-state index in [4.69, 9.17) is 5.73 Å². The second kappa shape index (κ2) is 2.66. The van der Waals surface area contributed by atoms with Gasteiger partial charge in [-0.3, -0.25) is 0 Å². The van der Waals surface area contributed by atoms with Crippen molar-refractivity contribution in [3.63, 3.8) is 0 Å². The number of fused-ring (bicyclic) bond motifs is 1. The first-order valence-electron chi connectivity index (χ1n) is 4.13. The molecule has 0 unspecified atom stereocenters. The van der Waals surface area contributed by atoms with E-state index in [-0.39, 0.29) is 0 Å². The highest BCUT2D eigenvalue weighted by Crippen LogP contribution is 2.23. The molecule has 0 amide bonds. The van der Waals surface area contributed by atoms with Crippen LogP contribution in [0.5, 0.6) is 0 Å². The van der Waals surface area contributed by atoms with Gasteiger partial charge in [0.1, 0.15) is 5.82 Å². The normalized spacial score (nSPS) is 23.2. The Labute approximate surface area is 66.2 Å². The van der Waals surface area contributed by atoms with E-state index in [9.17, 15) is 0 Å². The molecule has 0 bridgehead atoms. The Morgan fingerprint density at radius 1 is 1.73 bits per heavy atom. The molecule has 60 valence electrons. The quantitative estimate of drug-likeness (QED) is 0.642. The molecule has 11 heavy (non-hydrogen) atoms. The number of imidazole rings is 1. The zero-order valence-corrected chi connectivity index (χ0v) is 6.53. The minimum Gasteiger partial charge on any atom is -0.335 e. The Hall–Kier alpha value is -0.830. The molecule has 2 N–H and O–H groups in total. The summed E-state index contributed by atoms with van der Waals surface area (Å²) in [6.07, 6.45) is 6.35. The van der Waals surface area contributed by atoms with Gasteiger partial charge in [0.2, 0.25) is 0 Å². The van der Waals surface area contributed by atoms with Crippen LogP contribution in [-0.2, 0) is 6.54 Å². The molecule has 1 atom stereocenters. The Morgan fingerprint density at radius 2 is 2.64 bits per heavy atom. The van der Waals surface area contributed by atoms with Crippen molar-refractivity contribution in [3.05, 3.63) is 18.2 Å². The molecular formula is C8H13N3. The van der Waals surface area contributed by atoms with Gasteiger partial charge in [-0.25, -0.2) is 4.98 Å². The molecule has 0 saturated carbocycles. The molecule has 0 aliphatic carbocycles. The fourth-order valence-corrected chi connectivity index (χ4v) is 1.73. The first-order chi connectivity index (χ1) is 5.42. The van der Waals surface area contributed by atoms with Gasteiger partial charge in [-0.15, -0.1) is 0 Å². The van der Waals surface area contributed by atoms with Crippen LogP contribution in [0, 0.1) is 0 Å². The summed E-state index contributed by atoms with van der Waals surface area (Å²) in [5.74, 6) is 1.68. The van der Waals surface area contributed by atoms with Crippen LogP contribution in [0.15, 0.2) is 12.4 Å². The fourth-order valence-electron chi connectivity index (χ4n) is 1.73. The molecule has 3 nitrogen and oxygen atoms in total. The van der Waals surface area contributed by atoms with Gasteiger partial charge in [-0.2, -0.15) is 0 Å². The van der Waals surface area contributed by atoms with Gasteiger partial charge in [-0.1, -0.05) is 0 Å². The van der Waals surface area contributed by atoms with Gasteiger partial charge in [-0.05, 0) is 12.8 Å². The van der Waals surface area contributed by atoms with Gasteiger partial charge in [0, 0.05) is 31.4 Å². The van der Waals surface area contributed by atoms with Gasteiger partial charge in [0.25, 0.3) is 0 Å². The summed E-state index contributed by atoms with van der Waals surface area (Å²) in [6.45, 7) is 1.85. The van der Waals surface area contributed by atoms with E-state index in [2.05, 4.69) is 9.55 Å². The average molecular weight is 151 g/mol. The molecule has 3 heteroatoms. The van der Waals surface area contributed by atoms with E-state index in [1.54, 1.807) is 0 Å². The Balaban J connectivity index is 2.32. The zero-order valence-electron chi connectivity index (χ0n) is 6.53. The van der Waals surface area contributed by atoms with Crippen LogP contribution in [0.3, 0.4) is 0 Å². The van der Waals surface area contributed by atoms with Crippen LogP contribution in [0.25, 0.3) is 0 Å². The van der Waals surface area contributed by atoms with Gasteiger partial charge in [0.15, 0.2) is 0 Å². The van der Waals surface area contributed by atoms with Crippen molar-refractivity contribution in [2.24, 2.45) is 5.73 Å². The highest BCUT2D eigenvalue weighted by molar-refractivity contribution is 5.03. The summed E-state index contributed by atoms with van der Waals surface area (Å²) in [7, 11) is 0. The van der Waals surface area contributed by atoms with E-state index >= 15 is 0 Å². The lowest BCUT2D eigenvalue weighted by molar-refractivity contribution is 0.448. The lowest BCUT2D eigenvalue weighted by atomic mass is 9.99. The third-order valence-electron chi connectivity index (χ3n) is 2.35. The molecule has 1 aromatic heterocycles. The average Bonchev–Trinajstić information content (AvgIpc) is 2.50. The topological polar surface area (TPSA) is 43.8 Å². The molecule has 0 spiro atoms. The molecule has 2 rings (SSSR count). The molecule has 0 radical (unpaired) electrons. The van der Waals surface area contributed by atoms with Gasteiger partial charge < -0.3 is 10.3 Å². The van der Waals surface area contributed by atoms with E-state index in [0.717, 1.165) is 13.1 Å². The lowest BCUT2D eigenvalue weighted by Crippen LogP contribution is -2.21. The van der Waals surface area contributed by atoms with Crippen molar-refractivity contribution in [3.8, 4) is 0 Å². The predicted octanol–water partition coefficient (Wildman–Crippen LogP) is 0.719. The second-order valence-corrected chi connectivity index (χ2v) is 3.05. The minimum absolute atomic E-state index is 0.499. The molecule has 1 aromatic rings. The monoisotopic (exact) mass is 151 g/mol. The summed E-state index contributed by atoms with van der Waals surface area (Å²) >= 11 is 0. The van der Waals surface area contributed by atoms with E-state index in [1.807, 2.05) is 12.4 Å². The first kappa shape index (κ1) is 6.85. The molecule has 1 aliphatic rings. The fraction of sp³-hybridized carbons (Fsp3) is 0.625. The molecule has 2 heterocycles. The highest BCUT2D eigenvalue weighted by Gasteiger charge is 2.19. The van der Waals surface area contributed by atoms with Crippen LogP contribution in [0.4, 0.5) is 0 Å². The Kier molecular flexibility index (Phi) is 1.66. The predicted molar refractivity (Wildman–Crippen MR) is 43.3 cm³/mol. The van der Waals surface area contributed by atoms with Gasteiger partial charge in [0.05, 0.1) is 0 Å². The molecule has 0 saturated heterocycles. The summed E-state index contributed by atoms with van der Waals surface area (Å²) in [5, 5.41) is 0. The Morgan fingerprint density at radius 3 is 3.45 bits per heavy atom. The number of hydrogen-bond acceptors (Lipinski definition) is 2. The van der Waals surface area contributed by atoms with Crippen LogP contribution in [-0.4, -0.2) is 16.1 Å². The van der Waals surface area contributed by atoms with Crippen molar-refractivity contribution in [1.29, 1.82) is 0 Å². The maximum Gasteiger partial charge on any atom is 0.113 e. The number of nitrogens with zero attached hydrogens (tertiary/aromatic N) is 2. The third kappa shape index (κ3) is 1.05. The molecule has 1 aliphatic heterocycles. The second-order valence-electron chi connectivity index (χ2n) is 3.05. The number of aryl methyl sites for hydroxylation is 1. The summed E-state index contributed by atoms with van der Waals surface area (Å²) in [6, 6.07) is 0. The molecule has 0 aromatic carbocycles. The number of rotatable bonds is 1. The Bertz CT molecular complexity index is 241. The van der Waals surface area contributed by atoms with Crippen molar-refractivity contribution in [1.82, 2.24) is 9.55 Å². The molecular weight excluding hydrogens is 138 g/mol. The summed E-state index contributed by atoms with van der Waals surface area (Å²) in [5.41, 5.74) is 5.62. The standard InChI is InChI=1S/C8H13N3/c9-6-7-2-1-4-11-5-3-10-8(7)11/h3,5,7H,1-2,4,6,9H2/t7-/m1/s1. The first-order valence-corrected chi connectivity index (χ1v) is 4.13. The number of aromatic nitrogens is 2. The van der Waals surface area contributed by atoms with E-state index < -0.39 is 0 Å². The van der Waals surface area contributed by atoms with Crippen LogP contribution in [0.2, 0.25) is 0 Å². The minimum atomic E-state index is 0.499. The summed E-state index contributed by atoms with van der Waals surface area (Å²) < 4.78 is 2.21. The molecule has 0 fully saturated rings. The van der Waals surface area contributed by atoms with E-state index in [1.165, 1.54) is 18.7 Å². The zero-order chi connectivity index (χ0) is 7.68. The smallest absolute Gasteiger partial charge is 0.113 e. The summed E-state index contributed by atoms with van der Waals surface area (Å²) in [4.78, 5) is 4.29. The van der Waals surface area contributed by atoms with Crippen molar-refractivity contribution in [2.75, 3.05) is 6.54 Å². The van der Waals surface area contributed by atoms with Crippen molar-refractivity contribution >= 4 is 0 Å². The van der Waals surface area contributed by atoms with Crippen molar-refractivity contribution < 1.29 is 0 Å². The van der Waals surface area contributed by atoms with Crippen LogP contribution >= 0.6 is 0 Å². The lowest BCUT2D eigenvalue weighted by Gasteiger charge is -2.21.